The van der Waals surface area contributed by atoms with Gasteiger partial charge in [-0.1, -0.05) is 5.16 Å². The van der Waals surface area contributed by atoms with Gasteiger partial charge in [-0.15, -0.1) is 0 Å². The number of morpholine rings is 1. The molecule has 3 rings (SSSR count). The van der Waals surface area contributed by atoms with Crippen molar-refractivity contribution in [1.29, 1.82) is 0 Å². The van der Waals surface area contributed by atoms with Gasteiger partial charge in [0.15, 0.2) is 0 Å². The zero-order chi connectivity index (χ0) is 19.2. The number of carbonyl (C=O) groups excluding carboxylic acids is 2. The summed E-state index contributed by atoms with van der Waals surface area (Å²) in [5.74, 6) is 0.446. The number of hydrogen-bond acceptors (Lipinski definition) is 6. The van der Waals surface area contributed by atoms with Gasteiger partial charge in [0.25, 0.3) is 0 Å². The zero-order valence-electron chi connectivity index (χ0n) is 15.6. The monoisotopic (exact) mass is 372 g/mol. The van der Waals surface area contributed by atoms with Gasteiger partial charge in [-0.3, -0.25) is 14.5 Å². The predicted octanol–water partition coefficient (Wildman–Crippen LogP) is 1.74. The maximum atomic E-state index is 12.2. The molecule has 0 spiro atoms. The van der Waals surface area contributed by atoms with E-state index >= 15 is 0 Å². The highest BCUT2D eigenvalue weighted by Crippen LogP contribution is 2.16. The topological polar surface area (TPSA) is 96.7 Å². The van der Waals surface area contributed by atoms with Crippen LogP contribution in [0.3, 0.4) is 0 Å². The molecule has 8 nitrogen and oxygen atoms in total. The Kier molecular flexibility index (Phi) is 6.20. The molecule has 2 aromatic rings. The average Bonchev–Trinajstić information content (AvgIpc) is 2.96. The molecular weight excluding hydrogens is 348 g/mol. The Morgan fingerprint density at radius 1 is 1.04 bits per heavy atom. The Hall–Kier alpha value is -2.71. The van der Waals surface area contributed by atoms with Crippen LogP contribution in [0.15, 0.2) is 28.8 Å². The molecule has 0 radical (unpaired) electrons. The summed E-state index contributed by atoms with van der Waals surface area (Å²) in [5, 5.41) is 9.56. The molecule has 2 heterocycles. The lowest BCUT2D eigenvalue weighted by molar-refractivity contribution is -0.118. The molecule has 0 saturated carbocycles. The average molecular weight is 372 g/mol. The maximum Gasteiger partial charge on any atom is 0.238 e. The van der Waals surface area contributed by atoms with Gasteiger partial charge in [0.2, 0.25) is 11.8 Å². The molecule has 0 unspecified atom stereocenters. The molecule has 1 aromatic heterocycles. The summed E-state index contributed by atoms with van der Waals surface area (Å²) in [4.78, 5) is 26.4. The minimum absolute atomic E-state index is 0.0629. The fourth-order valence-electron chi connectivity index (χ4n) is 2.92. The molecule has 8 heteroatoms. The number of aryl methyl sites for hydroxylation is 2. The maximum absolute atomic E-state index is 12.2. The number of ether oxygens (including phenoxy) is 1. The highest BCUT2D eigenvalue weighted by molar-refractivity contribution is 5.94. The lowest BCUT2D eigenvalue weighted by atomic mass is 10.1. The van der Waals surface area contributed by atoms with Crippen LogP contribution in [0, 0.1) is 13.8 Å². The summed E-state index contributed by atoms with van der Waals surface area (Å²) in [6.07, 6.45) is 0.208. The van der Waals surface area contributed by atoms with E-state index in [1.807, 2.05) is 6.92 Å². The lowest BCUT2D eigenvalue weighted by Gasteiger charge is -2.25. The van der Waals surface area contributed by atoms with E-state index in [2.05, 4.69) is 20.7 Å². The second kappa shape index (κ2) is 8.79. The van der Waals surface area contributed by atoms with Crippen LogP contribution in [0.2, 0.25) is 0 Å². The van der Waals surface area contributed by atoms with E-state index in [0.717, 1.165) is 24.3 Å². The second-order valence-electron chi connectivity index (χ2n) is 6.54. The predicted molar refractivity (Wildman–Crippen MR) is 101 cm³/mol. The highest BCUT2D eigenvalue weighted by atomic mass is 16.5. The SMILES string of the molecule is Cc1noc(C)c1CC(=O)Nc1ccc(NC(=O)CN2CCOCC2)cc1. The minimum atomic E-state index is -0.145. The molecule has 1 fully saturated rings. The molecule has 2 amide bonds. The first-order chi connectivity index (χ1) is 13.0. The third kappa shape index (κ3) is 5.38. The number of rotatable bonds is 6. The third-order valence-electron chi connectivity index (χ3n) is 4.44. The number of hydrogen-bond donors (Lipinski definition) is 2. The Morgan fingerprint density at radius 3 is 2.19 bits per heavy atom. The molecule has 1 aliphatic heterocycles. The molecule has 0 bridgehead atoms. The smallest absolute Gasteiger partial charge is 0.238 e. The Balaban J connectivity index is 1.49. The first-order valence-corrected chi connectivity index (χ1v) is 8.93. The van der Waals surface area contributed by atoms with Crippen molar-refractivity contribution in [3.8, 4) is 0 Å². The third-order valence-corrected chi connectivity index (χ3v) is 4.44. The van der Waals surface area contributed by atoms with Crippen LogP contribution >= 0.6 is 0 Å². The molecule has 144 valence electrons. The molecule has 1 aromatic carbocycles. The van der Waals surface area contributed by atoms with Gasteiger partial charge >= 0.3 is 0 Å². The normalized spacial score (nSPS) is 14.7. The van der Waals surface area contributed by atoms with Crippen LogP contribution in [0.1, 0.15) is 17.0 Å². The summed E-state index contributed by atoms with van der Waals surface area (Å²) >= 11 is 0. The molecule has 0 aliphatic carbocycles. The zero-order valence-corrected chi connectivity index (χ0v) is 15.6. The molecule has 27 heavy (non-hydrogen) atoms. The number of aromatic nitrogens is 1. The second-order valence-corrected chi connectivity index (χ2v) is 6.54. The van der Waals surface area contributed by atoms with Gasteiger partial charge in [-0.05, 0) is 38.1 Å². The van der Waals surface area contributed by atoms with Gasteiger partial charge in [-0.2, -0.15) is 0 Å². The first kappa shape index (κ1) is 19.1. The van der Waals surface area contributed by atoms with Crippen molar-refractivity contribution in [1.82, 2.24) is 10.1 Å². The van der Waals surface area contributed by atoms with Crippen LogP contribution in [-0.2, 0) is 20.7 Å². The van der Waals surface area contributed by atoms with Crippen molar-refractivity contribution in [3.05, 3.63) is 41.3 Å². The van der Waals surface area contributed by atoms with E-state index in [0.29, 0.717) is 36.9 Å². The van der Waals surface area contributed by atoms with Crippen LogP contribution in [0.4, 0.5) is 11.4 Å². The lowest BCUT2D eigenvalue weighted by Crippen LogP contribution is -2.41. The van der Waals surface area contributed by atoms with E-state index in [9.17, 15) is 9.59 Å². The molecule has 1 aliphatic rings. The van der Waals surface area contributed by atoms with Gasteiger partial charge in [0, 0.05) is 30.0 Å². The van der Waals surface area contributed by atoms with Crippen molar-refractivity contribution in [3.63, 3.8) is 0 Å². The largest absolute Gasteiger partial charge is 0.379 e. The molecular formula is C19H24N4O4. The number of nitrogens with one attached hydrogen (secondary N) is 2. The van der Waals surface area contributed by atoms with Gasteiger partial charge < -0.3 is 19.9 Å². The number of benzene rings is 1. The summed E-state index contributed by atoms with van der Waals surface area (Å²) in [5.41, 5.74) is 2.88. The fourth-order valence-corrected chi connectivity index (χ4v) is 2.92. The number of amides is 2. The summed E-state index contributed by atoms with van der Waals surface area (Å²) in [6.45, 7) is 6.81. The summed E-state index contributed by atoms with van der Waals surface area (Å²) in [7, 11) is 0. The van der Waals surface area contributed by atoms with E-state index in [1.165, 1.54) is 0 Å². The van der Waals surface area contributed by atoms with Crippen molar-refractivity contribution < 1.29 is 18.8 Å². The van der Waals surface area contributed by atoms with Crippen LogP contribution in [0.5, 0.6) is 0 Å². The number of anilines is 2. The Morgan fingerprint density at radius 2 is 1.63 bits per heavy atom. The van der Waals surface area contributed by atoms with E-state index in [4.69, 9.17) is 9.26 Å². The Bertz CT molecular complexity index is 775. The van der Waals surface area contributed by atoms with Crippen molar-refractivity contribution in [2.75, 3.05) is 43.5 Å². The molecule has 0 atom stereocenters. The standard InChI is InChI=1S/C19H24N4O4/c1-13-17(14(2)27-22-13)11-18(24)20-15-3-5-16(6-4-15)21-19(25)12-23-7-9-26-10-8-23/h3-6H,7-12H2,1-2H3,(H,20,24)(H,21,25). The van der Waals surface area contributed by atoms with E-state index in [1.54, 1.807) is 31.2 Å². The van der Waals surface area contributed by atoms with E-state index in [-0.39, 0.29) is 18.2 Å². The van der Waals surface area contributed by atoms with Crippen LogP contribution in [-0.4, -0.2) is 54.7 Å². The molecule has 2 N–H and O–H groups in total. The van der Waals surface area contributed by atoms with E-state index < -0.39 is 0 Å². The minimum Gasteiger partial charge on any atom is -0.379 e. The van der Waals surface area contributed by atoms with Gasteiger partial charge in [-0.25, -0.2) is 0 Å². The van der Waals surface area contributed by atoms with Crippen LogP contribution in [0.25, 0.3) is 0 Å². The van der Waals surface area contributed by atoms with Crippen molar-refractivity contribution in [2.24, 2.45) is 0 Å². The fraction of sp³-hybridized carbons (Fsp3) is 0.421. The quantitative estimate of drug-likeness (QED) is 0.802. The molecule has 1 saturated heterocycles. The summed E-state index contributed by atoms with van der Waals surface area (Å²) < 4.78 is 10.3. The van der Waals surface area contributed by atoms with Gasteiger partial charge in [0.1, 0.15) is 5.76 Å². The number of carbonyl (C=O) groups is 2. The first-order valence-electron chi connectivity index (χ1n) is 8.93. The van der Waals surface area contributed by atoms with Crippen molar-refractivity contribution in [2.45, 2.75) is 20.3 Å². The number of nitrogens with zero attached hydrogens (tertiary/aromatic N) is 2. The van der Waals surface area contributed by atoms with Crippen molar-refractivity contribution >= 4 is 23.2 Å². The van der Waals surface area contributed by atoms with Gasteiger partial charge in [0.05, 0.1) is 31.9 Å². The van der Waals surface area contributed by atoms with Crippen LogP contribution < -0.4 is 10.6 Å². The Labute approximate surface area is 157 Å². The summed E-state index contributed by atoms with van der Waals surface area (Å²) in [6, 6.07) is 7.05. The highest BCUT2D eigenvalue weighted by Gasteiger charge is 2.15.